The number of methoxy groups -OCH3 is 1. The van der Waals surface area contributed by atoms with Crippen LogP contribution in [0.15, 0.2) is 24.3 Å². The molecule has 1 saturated carbocycles. The van der Waals surface area contributed by atoms with Crippen molar-refractivity contribution in [1.82, 2.24) is 0 Å². The zero-order valence-corrected chi connectivity index (χ0v) is 11.4. The van der Waals surface area contributed by atoms with E-state index in [0.717, 1.165) is 11.3 Å². The fourth-order valence-corrected chi connectivity index (χ4v) is 2.31. The van der Waals surface area contributed by atoms with Crippen LogP contribution in [-0.4, -0.2) is 19.3 Å². The topological polar surface area (TPSA) is 44.5 Å². The maximum atomic E-state index is 6.31. The molecule has 100 valence electrons. The van der Waals surface area contributed by atoms with Crippen LogP contribution in [0.1, 0.15) is 38.3 Å². The maximum absolute atomic E-state index is 6.31. The zero-order chi connectivity index (χ0) is 13.1. The summed E-state index contributed by atoms with van der Waals surface area (Å²) in [5, 5.41) is 0. The third kappa shape index (κ3) is 3.24. The Kier molecular flexibility index (Phi) is 4.25. The average Bonchev–Trinajstić information content (AvgIpc) is 3.14. The second kappa shape index (κ2) is 5.72. The molecular formula is C15H23NO2. The van der Waals surface area contributed by atoms with Crippen molar-refractivity contribution in [1.29, 1.82) is 0 Å². The van der Waals surface area contributed by atoms with Gasteiger partial charge in [-0.2, -0.15) is 0 Å². The van der Waals surface area contributed by atoms with Crippen molar-refractivity contribution in [2.24, 2.45) is 11.7 Å². The van der Waals surface area contributed by atoms with Crippen LogP contribution in [0.25, 0.3) is 0 Å². The molecule has 0 amide bonds. The molecule has 2 unspecified atom stereocenters. The van der Waals surface area contributed by atoms with Crippen LogP contribution < -0.4 is 10.5 Å². The minimum Gasteiger partial charge on any atom is -0.491 e. The van der Waals surface area contributed by atoms with E-state index in [4.69, 9.17) is 15.2 Å². The lowest BCUT2D eigenvalue weighted by atomic mass is 9.99. The Morgan fingerprint density at radius 2 is 2.00 bits per heavy atom. The molecule has 3 nitrogen and oxygen atoms in total. The van der Waals surface area contributed by atoms with E-state index >= 15 is 0 Å². The Balaban J connectivity index is 2.11. The number of nitrogens with two attached hydrogens (primary N) is 1. The first-order valence-corrected chi connectivity index (χ1v) is 6.67. The van der Waals surface area contributed by atoms with Gasteiger partial charge in [0, 0.05) is 7.11 Å². The molecule has 0 aliphatic heterocycles. The highest BCUT2D eigenvalue weighted by Gasteiger charge is 2.35. The quantitative estimate of drug-likeness (QED) is 0.843. The number of ether oxygens (including phenoxy) is 2. The summed E-state index contributed by atoms with van der Waals surface area (Å²) in [6.07, 6.45) is 2.76. The summed E-state index contributed by atoms with van der Waals surface area (Å²) < 4.78 is 11.2. The van der Waals surface area contributed by atoms with Gasteiger partial charge in [0.2, 0.25) is 0 Å². The summed E-state index contributed by atoms with van der Waals surface area (Å²) in [6, 6.07) is 7.96. The lowest BCUT2D eigenvalue weighted by molar-refractivity contribution is 0.0623. The van der Waals surface area contributed by atoms with Crippen LogP contribution in [0.4, 0.5) is 0 Å². The van der Waals surface area contributed by atoms with Gasteiger partial charge in [0.25, 0.3) is 0 Å². The normalized spacial score (nSPS) is 18.7. The molecule has 0 spiro atoms. The first kappa shape index (κ1) is 13.4. The average molecular weight is 249 g/mol. The molecule has 1 aromatic rings. The second-order valence-corrected chi connectivity index (χ2v) is 5.30. The minimum absolute atomic E-state index is 0.0711. The summed E-state index contributed by atoms with van der Waals surface area (Å²) >= 11 is 0. The molecule has 1 aliphatic rings. The monoisotopic (exact) mass is 249 g/mol. The van der Waals surface area contributed by atoms with Crippen LogP contribution >= 0.6 is 0 Å². The van der Waals surface area contributed by atoms with Gasteiger partial charge >= 0.3 is 0 Å². The van der Waals surface area contributed by atoms with Crippen molar-refractivity contribution in [3.8, 4) is 5.75 Å². The van der Waals surface area contributed by atoms with Crippen LogP contribution in [0.5, 0.6) is 5.75 Å². The van der Waals surface area contributed by atoms with E-state index in [1.165, 1.54) is 12.8 Å². The Hall–Kier alpha value is -1.06. The lowest BCUT2D eigenvalue weighted by Gasteiger charge is -2.23. The van der Waals surface area contributed by atoms with Gasteiger partial charge in [-0.3, -0.25) is 0 Å². The van der Waals surface area contributed by atoms with Gasteiger partial charge in [0.05, 0.1) is 18.2 Å². The second-order valence-electron chi connectivity index (χ2n) is 5.30. The van der Waals surface area contributed by atoms with Crippen molar-refractivity contribution in [2.45, 2.75) is 44.9 Å². The van der Waals surface area contributed by atoms with E-state index in [-0.39, 0.29) is 18.2 Å². The van der Waals surface area contributed by atoms with E-state index < -0.39 is 0 Å². The molecular weight excluding hydrogens is 226 g/mol. The van der Waals surface area contributed by atoms with E-state index in [1.807, 2.05) is 38.1 Å². The summed E-state index contributed by atoms with van der Waals surface area (Å²) in [5.41, 5.74) is 7.40. The van der Waals surface area contributed by atoms with Crippen molar-refractivity contribution < 1.29 is 9.47 Å². The Labute approximate surface area is 109 Å². The zero-order valence-electron chi connectivity index (χ0n) is 11.4. The standard InChI is InChI=1S/C15H23NO2/c1-10(2)18-13-6-4-5-12(9-13)14(16)15(17-3)11-7-8-11/h4-6,9-11,14-15H,7-8,16H2,1-3H3. The highest BCUT2D eigenvalue weighted by atomic mass is 16.5. The van der Waals surface area contributed by atoms with Gasteiger partial charge in [0.15, 0.2) is 0 Å². The smallest absolute Gasteiger partial charge is 0.120 e. The molecule has 2 N–H and O–H groups in total. The SMILES string of the molecule is COC(C1CC1)C(N)c1cccc(OC(C)C)c1. The predicted molar refractivity (Wildman–Crippen MR) is 72.7 cm³/mol. The molecule has 18 heavy (non-hydrogen) atoms. The van der Waals surface area contributed by atoms with Crippen LogP contribution in [0.3, 0.4) is 0 Å². The molecule has 2 atom stereocenters. The largest absolute Gasteiger partial charge is 0.491 e. The molecule has 1 fully saturated rings. The van der Waals surface area contributed by atoms with Crippen LogP contribution in [0, 0.1) is 5.92 Å². The molecule has 1 aromatic carbocycles. The Morgan fingerprint density at radius 3 is 2.56 bits per heavy atom. The number of hydrogen-bond acceptors (Lipinski definition) is 3. The van der Waals surface area contributed by atoms with Gasteiger partial charge in [-0.15, -0.1) is 0 Å². The van der Waals surface area contributed by atoms with Gasteiger partial charge in [-0.05, 0) is 50.3 Å². The Morgan fingerprint density at radius 1 is 1.28 bits per heavy atom. The third-order valence-corrected chi connectivity index (χ3v) is 3.33. The molecule has 0 saturated heterocycles. The van der Waals surface area contributed by atoms with E-state index in [1.54, 1.807) is 7.11 Å². The van der Waals surface area contributed by atoms with Gasteiger partial charge in [-0.1, -0.05) is 12.1 Å². The molecule has 3 heteroatoms. The highest BCUT2D eigenvalue weighted by Crippen LogP contribution is 2.39. The lowest BCUT2D eigenvalue weighted by Crippen LogP contribution is -2.29. The van der Waals surface area contributed by atoms with Crippen LogP contribution in [0.2, 0.25) is 0 Å². The summed E-state index contributed by atoms with van der Waals surface area (Å²) in [6.45, 7) is 4.05. The number of hydrogen-bond donors (Lipinski definition) is 1. The van der Waals surface area contributed by atoms with E-state index in [9.17, 15) is 0 Å². The molecule has 0 radical (unpaired) electrons. The number of rotatable bonds is 6. The van der Waals surface area contributed by atoms with Gasteiger partial charge < -0.3 is 15.2 Å². The number of benzene rings is 1. The summed E-state index contributed by atoms with van der Waals surface area (Å²) in [4.78, 5) is 0. The highest BCUT2D eigenvalue weighted by molar-refractivity contribution is 5.31. The molecule has 1 aliphatic carbocycles. The molecule has 2 rings (SSSR count). The predicted octanol–water partition coefficient (Wildman–Crippen LogP) is 2.90. The van der Waals surface area contributed by atoms with Gasteiger partial charge in [-0.25, -0.2) is 0 Å². The third-order valence-electron chi connectivity index (χ3n) is 3.33. The Bertz CT molecular complexity index is 388. The summed E-state index contributed by atoms with van der Waals surface area (Å²) in [5.74, 6) is 1.50. The fraction of sp³-hybridized carbons (Fsp3) is 0.600. The molecule has 0 heterocycles. The van der Waals surface area contributed by atoms with Gasteiger partial charge in [0.1, 0.15) is 5.75 Å². The molecule has 0 bridgehead atoms. The maximum Gasteiger partial charge on any atom is 0.120 e. The van der Waals surface area contributed by atoms with Crippen molar-refractivity contribution in [3.63, 3.8) is 0 Å². The van der Waals surface area contributed by atoms with E-state index in [2.05, 4.69) is 0 Å². The fourth-order valence-electron chi connectivity index (χ4n) is 2.31. The van der Waals surface area contributed by atoms with Crippen molar-refractivity contribution >= 4 is 0 Å². The van der Waals surface area contributed by atoms with Crippen LogP contribution in [-0.2, 0) is 4.74 Å². The van der Waals surface area contributed by atoms with Crippen molar-refractivity contribution in [2.75, 3.05) is 7.11 Å². The summed E-state index contributed by atoms with van der Waals surface area (Å²) in [7, 11) is 1.75. The first-order valence-electron chi connectivity index (χ1n) is 6.67. The first-order chi connectivity index (χ1) is 8.61. The molecule has 0 aromatic heterocycles. The van der Waals surface area contributed by atoms with E-state index in [0.29, 0.717) is 5.92 Å². The van der Waals surface area contributed by atoms with Crippen molar-refractivity contribution in [3.05, 3.63) is 29.8 Å². The minimum atomic E-state index is -0.0711.